The lowest BCUT2D eigenvalue weighted by Crippen LogP contribution is -2.61. The van der Waals surface area contributed by atoms with E-state index < -0.39 is 121 Å². The Morgan fingerprint density at radius 3 is 1.50 bits per heavy atom. The van der Waals surface area contributed by atoms with Gasteiger partial charge in [-0.1, -0.05) is 30.3 Å². The number of hydrogen-bond acceptors (Lipinski definition) is 16. The summed E-state index contributed by atoms with van der Waals surface area (Å²) in [7, 11) is 0. The largest absolute Gasteiger partial charge is 0.481 e. The fourth-order valence-electron chi connectivity index (χ4n) is 6.78. The minimum Gasteiger partial charge on any atom is -0.481 e. The van der Waals surface area contributed by atoms with Gasteiger partial charge in [-0.2, -0.15) is 24.4 Å². The van der Waals surface area contributed by atoms with Crippen LogP contribution in [-0.2, 0) is 56.0 Å². The Labute approximate surface area is 436 Å². The molecule has 410 valence electrons. The number of amides is 7. The normalized spacial score (nSPS) is 14.6. The Hall–Kier alpha value is -7.18. The Morgan fingerprint density at radius 1 is 0.649 bits per heavy atom. The number of carboxylic acids is 2. The van der Waals surface area contributed by atoms with Crippen molar-refractivity contribution in [3.63, 3.8) is 0 Å². The van der Waals surface area contributed by atoms with Gasteiger partial charge in [-0.15, -0.1) is 0 Å². The van der Waals surface area contributed by atoms with E-state index in [9.17, 15) is 58.5 Å². The van der Waals surface area contributed by atoms with Gasteiger partial charge in [0.15, 0.2) is 11.9 Å². The highest BCUT2D eigenvalue weighted by Gasteiger charge is 2.35. The molecule has 0 aliphatic carbocycles. The molecule has 1 heterocycles. The molecule has 1 aromatic carbocycles. The average Bonchev–Trinajstić information content (AvgIpc) is 3.87. The van der Waals surface area contributed by atoms with Crippen LogP contribution in [0.1, 0.15) is 63.1 Å². The van der Waals surface area contributed by atoms with Crippen LogP contribution >= 0.6 is 24.4 Å². The number of rotatable bonds is 35. The number of aliphatic hydroxyl groups is 1. The molecule has 21 N–H and O–H groups in total. The molecule has 7 amide bonds. The monoisotopic (exact) mass is 1080 g/mol. The SMILES string of the molecule is CSCC[C@H](NC(=O)[C@H](Cc1cnc[nH]1)NC(=O)[C@@H](N)[C@@H](C)O)C(=O)N[C@@H](CCC(=O)O)C(=O)N[C@@H](Cc1ccccc1)C(=O)N[C@@H](CCCN=C(N)N)C(=O)N[C@@H](CCCN=C(N)N)C(=O)N[C@@H](CS)C(=O)O. The first-order valence-electron chi connectivity index (χ1n) is 23.3. The molecule has 2 aromatic rings. The number of carbonyl (C=O) groups excluding carboxylic acids is 7. The highest BCUT2D eigenvalue weighted by atomic mass is 32.2. The maximum absolute atomic E-state index is 14.4. The lowest BCUT2D eigenvalue weighted by atomic mass is 10.0. The van der Waals surface area contributed by atoms with Crippen molar-refractivity contribution in [1.82, 2.24) is 47.2 Å². The molecule has 30 heteroatoms. The smallest absolute Gasteiger partial charge is 0.327 e. The number of thiol groups is 1. The summed E-state index contributed by atoms with van der Waals surface area (Å²) in [6.45, 7) is 1.32. The molecule has 0 spiro atoms. The highest BCUT2D eigenvalue weighted by Crippen LogP contribution is 2.11. The first kappa shape index (κ1) is 62.9. The molecular weight excluding hydrogens is 1010 g/mol. The lowest BCUT2D eigenvalue weighted by Gasteiger charge is -2.28. The van der Waals surface area contributed by atoms with E-state index in [0.717, 1.165) is 0 Å². The Bertz CT molecular complexity index is 2220. The first-order valence-corrected chi connectivity index (χ1v) is 25.3. The number of H-pyrrole nitrogens is 1. The van der Waals surface area contributed by atoms with E-state index in [1.807, 2.05) is 0 Å². The van der Waals surface area contributed by atoms with Gasteiger partial charge in [0.1, 0.15) is 48.3 Å². The zero-order valence-electron chi connectivity index (χ0n) is 41.0. The molecule has 0 saturated carbocycles. The number of guanidine groups is 2. The second kappa shape index (κ2) is 33.5. The zero-order valence-corrected chi connectivity index (χ0v) is 42.7. The van der Waals surface area contributed by atoms with Crippen molar-refractivity contribution in [2.45, 2.75) is 119 Å². The summed E-state index contributed by atoms with van der Waals surface area (Å²) >= 11 is 5.31. The maximum Gasteiger partial charge on any atom is 0.327 e. The van der Waals surface area contributed by atoms with Gasteiger partial charge < -0.3 is 86.2 Å². The predicted octanol–water partition coefficient (Wildman–Crippen LogP) is -4.96. The quantitative estimate of drug-likeness (QED) is 0.0133. The first-order chi connectivity index (χ1) is 35.1. The Balaban J connectivity index is 2.54. The topological polar surface area (TPSA) is 482 Å². The third kappa shape index (κ3) is 24.0. The number of thioether (sulfide) groups is 1. The molecule has 2 rings (SSSR count). The van der Waals surface area contributed by atoms with Gasteiger partial charge in [-0.25, -0.2) is 9.78 Å². The van der Waals surface area contributed by atoms with Crippen molar-refractivity contribution in [3.05, 3.63) is 54.1 Å². The minimum absolute atomic E-state index is 0.00310. The fraction of sp³-hybridized carbons (Fsp3) is 0.545. The van der Waals surface area contributed by atoms with Gasteiger partial charge in [0.25, 0.3) is 0 Å². The summed E-state index contributed by atoms with van der Waals surface area (Å²) < 4.78 is 0. The predicted molar refractivity (Wildman–Crippen MR) is 277 cm³/mol. The van der Waals surface area contributed by atoms with Crippen LogP contribution in [0.4, 0.5) is 0 Å². The minimum atomic E-state index is -1.63. The van der Waals surface area contributed by atoms with E-state index in [4.69, 9.17) is 28.7 Å². The van der Waals surface area contributed by atoms with Crippen LogP contribution in [0.25, 0.3) is 0 Å². The Morgan fingerprint density at radius 2 is 1.08 bits per heavy atom. The number of imidazole rings is 1. The molecule has 0 unspecified atom stereocenters. The Kier molecular flexibility index (Phi) is 28.5. The van der Waals surface area contributed by atoms with E-state index in [1.165, 1.54) is 31.2 Å². The number of carboxylic acid groups (broad SMARTS) is 2. The van der Waals surface area contributed by atoms with Gasteiger partial charge in [-0.05, 0) is 63.0 Å². The van der Waals surface area contributed by atoms with Gasteiger partial charge >= 0.3 is 11.9 Å². The van der Waals surface area contributed by atoms with Crippen molar-refractivity contribution in [2.24, 2.45) is 38.7 Å². The number of hydrogen-bond donors (Lipinski definition) is 17. The number of nitrogens with zero attached hydrogens (tertiary/aromatic N) is 3. The molecule has 74 heavy (non-hydrogen) atoms. The van der Waals surface area contributed by atoms with Crippen LogP contribution in [0, 0.1) is 0 Å². The number of carbonyl (C=O) groups is 9. The zero-order chi connectivity index (χ0) is 55.3. The van der Waals surface area contributed by atoms with Crippen LogP contribution in [0.2, 0.25) is 0 Å². The molecule has 0 bridgehead atoms. The molecule has 9 atom stereocenters. The van der Waals surface area contributed by atoms with E-state index in [-0.39, 0.29) is 75.7 Å². The number of aliphatic carboxylic acids is 2. The van der Waals surface area contributed by atoms with Crippen LogP contribution in [0.5, 0.6) is 0 Å². The molecule has 0 aliphatic rings. The molecule has 28 nitrogen and oxygen atoms in total. The summed E-state index contributed by atoms with van der Waals surface area (Å²) in [5.74, 6) is -9.61. The van der Waals surface area contributed by atoms with Crippen LogP contribution in [-0.4, -0.2) is 176 Å². The van der Waals surface area contributed by atoms with Crippen molar-refractivity contribution < 1.29 is 58.5 Å². The summed E-state index contributed by atoms with van der Waals surface area (Å²) in [6.07, 6.45) is 1.71. The van der Waals surface area contributed by atoms with Crippen LogP contribution < -0.4 is 65.9 Å². The summed E-state index contributed by atoms with van der Waals surface area (Å²) in [4.78, 5) is 135. The molecule has 0 fully saturated rings. The third-order valence-corrected chi connectivity index (χ3v) is 11.8. The average molecular weight is 1080 g/mol. The van der Waals surface area contributed by atoms with Gasteiger partial charge in [-0.3, -0.25) is 48.3 Å². The van der Waals surface area contributed by atoms with Crippen molar-refractivity contribution in [3.8, 4) is 0 Å². The lowest BCUT2D eigenvalue weighted by molar-refractivity contribution is -0.141. The van der Waals surface area contributed by atoms with Crippen LogP contribution in [0.3, 0.4) is 0 Å². The number of nitrogens with two attached hydrogens (primary N) is 5. The number of nitrogens with one attached hydrogen (secondary N) is 8. The molecular formula is C44H70N16O12S2. The molecule has 0 saturated heterocycles. The summed E-state index contributed by atoms with van der Waals surface area (Å²) in [5, 5.41) is 46.8. The number of benzene rings is 1. The van der Waals surface area contributed by atoms with Gasteiger partial charge in [0, 0.05) is 50.0 Å². The molecule has 0 aliphatic heterocycles. The van der Waals surface area contributed by atoms with Crippen molar-refractivity contribution in [2.75, 3.05) is 30.9 Å². The van der Waals surface area contributed by atoms with Crippen molar-refractivity contribution >= 4 is 89.6 Å². The third-order valence-electron chi connectivity index (χ3n) is 10.8. The standard InChI is InChI=1S/C44H70N16O12S2/c1-23(61)34(45)41(70)59-31(19-25-20-50-22-53-25)40(69)57-29(14-17-74-2)38(67)56-28(12-13-33(62)63)37(66)58-30(18-24-8-4-3-5-9-24)39(68)55-26(10-6-15-51-43(46)47)35(64)54-27(11-7-16-52-44(48)49)36(65)60-32(21-73)42(71)72/h3-5,8-9,20,22-23,26-32,34,61,73H,6-7,10-19,21,45H2,1-2H3,(H,50,53)(H,54,64)(H,55,68)(H,56,67)(H,57,69)(H,58,66)(H,59,70)(H,60,65)(H,62,63)(H,71,72)(H4,46,47,51)(H4,48,49,52)/t23-,26+,27+,28+,29+,30+,31+,32+,34+/m1/s1. The molecule has 1 aromatic heterocycles. The highest BCUT2D eigenvalue weighted by molar-refractivity contribution is 7.98. The fourth-order valence-corrected chi connectivity index (χ4v) is 7.50. The van der Waals surface area contributed by atoms with E-state index in [1.54, 1.807) is 36.6 Å². The van der Waals surface area contributed by atoms with Crippen molar-refractivity contribution in [1.29, 1.82) is 0 Å². The number of aliphatic hydroxyl groups excluding tert-OH is 1. The van der Waals surface area contributed by atoms with Crippen LogP contribution in [0.15, 0.2) is 52.8 Å². The van der Waals surface area contributed by atoms with E-state index in [2.05, 4.69) is 69.8 Å². The number of aromatic amines is 1. The number of aromatic nitrogens is 2. The van der Waals surface area contributed by atoms with Gasteiger partial charge in [0.2, 0.25) is 41.4 Å². The van der Waals surface area contributed by atoms with E-state index >= 15 is 0 Å². The number of aliphatic imine (C=N–C) groups is 2. The maximum atomic E-state index is 14.4. The molecule has 0 radical (unpaired) electrons. The van der Waals surface area contributed by atoms with Gasteiger partial charge in [0.05, 0.1) is 12.4 Å². The second-order valence-corrected chi connectivity index (χ2v) is 18.1. The second-order valence-electron chi connectivity index (χ2n) is 16.8. The summed E-state index contributed by atoms with van der Waals surface area (Å²) in [6, 6.07) is -3.21. The van der Waals surface area contributed by atoms with E-state index in [0.29, 0.717) is 17.0 Å². The summed E-state index contributed by atoms with van der Waals surface area (Å²) in [5.41, 5.74) is 28.6.